The van der Waals surface area contributed by atoms with Gasteiger partial charge in [-0.15, -0.1) is 0 Å². The molecule has 0 saturated heterocycles. The van der Waals surface area contributed by atoms with Gasteiger partial charge in [0.15, 0.2) is 5.82 Å². The molecule has 1 N–H and O–H groups in total. The van der Waals surface area contributed by atoms with E-state index in [4.69, 9.17) is 9.63 Å². The van der Waals surface area contributed by atoms with Crippen LogP contribution in [0.3, 0.4) is 0 Å². The molecule has 19 heavy (non-hydrogen) atoms. The van der Waals surface area contributed by atoms with Gasteiger partial charge in [0.25, 0.3) is 0 Å². The molecule has 0 aliphatic rings. The Hall–Kier alpha value is -2.24. The van der Waals surface area contributed by atoms with E-state index in [1.807, 2.05) is 18.2 Å². The minimum Gasteiger partial charge on any atom is -0.481 e. The third-order valence-electron chi connectivity index (χ3n) is 3.08. The van der Waals surface area contributed by atoms with Gasteiger partial charge in [0.1, 0.15) is 0 Å². The van der Waals surface area contributed by atoms with Crippen molar-refractivity contribution < 1.29 is 14.4 Å². The predicted octanol–water partition coefficient (Wildman–Crippen LogP) is 1.88. The topological polar surface area (TPSA) is 89.1 Å². The summed E-state index contributed by atoms with van der Waals surface area (Å²) < 4.78 is 5.12. The van der Waals surface area contributed by atoms with E-state index < -0.39 is 11.9 Å². The zero-order chi connectivity index (χ0) is 13.8. The van der Waals surface area contributed by atoms with Crippen LogP contribution in [0.25, 0.3) is 0 Å². The molecule has 0 fully saturated rings. The van der Waals surface area contributed by atoms with E-state index in [2.05, 4.69) is 15.1 Å². The highest BCUT2D eigenvalue weighted by Gasteiger charge is 2.25. The largest absolute Gasteiger partial charge is 0.481 e. The lowest BCUT2D eigenvalue weighted by atomic mass is 9.96. The van der Waals surface area contributed by atoms with E-state index in [1.165, 1.54) is 0 Å². The molecule has 0 aliphatic carbocycles. The molecule has 2 aromatic rings. The number of hydrogen-bond donors (Lipinski definition) is 1. The van der Waals surface area contributed by atoms with Crippen LogP contribution in [-0.2, 0) is 11.2 Å². The van der Waals surface area contributed by atoms with Crippen molar-refractivity contribution in [2.45, 2.75) is 26.2 Å². The number of aliphatic carboxylic acids is 1. The highest BCUT2D eigenvalue weighted by Crippen LogP contribution is 2.22. The monoisotopic (exact) mass is 261 g/mol. The Morgan fingerprint density at radius 1 is 1.42 bits per heavy atom. The van der Waals surface area contributed by atoms with Gasteiger partial charge in [-0.3, -0.25) is 9.78 Å². The third-order valence-corrected chi connectivity index (χ3v) is 3.08. The number of carboxylic acid groups (broad SMARTS) is 1. The fourth-order valence-electron chi connectivity index (χ4n) is 1.62. The van der Waals surface area contributed by atoms with Gasteiger partial charge in [-0.25, -0.2) is 0 Å². The van der Waals surface area contributed by atoms with E-state index in [9.17, 15) is 4.79 Å². The summed E-state index contributed by atoms with van der Waals surface area (Å²) in [6.07, 6.45) is 2.17. The van der Waals surface area contributed by atoms with E-state index in [0.29, 0.717) is 18.1 Å². The van der Waals surface area contributed by atoms with Gasteiger partial charge in [-0.05, 0) is 12.1 Å². The summed E-state index contributed by atoms with van der Waals surface area (Å²) in [6.45, 7) is 3.38. The Kier molecular flexibility index (Phi) is 3.89. The fourth-order valence-corrected chi connectivity index (χ4v) is 1.62. The maximum atomic E-state index is 10.9. The zero-order valence-corrected chi connectivity index (χ0v) is 10.8. The van der Waals surface area contributed by atoms with Crippen LogP contribution in [0.5, 0.6) is 0 Å². The van der Waals surface area contributed by atoms with E-state index in [-0.39, 0.29) is 5.92 Å². The van der Waals surface area contributed by atoms with E-state index in [0.717, 1.165) is 5.69 Å². The molecular weight excluding hydrogens is 246 g/mol. The molecule has 0 aliphatic heterocycles. The Labute approximate surface area is 110 Å². The van der Waals surface area contributed by atoms with Crippen LogP contribution in [0.1, 0.15) is 37.2 Å². The molecule has 2 atom stereocenters. The smallest absolute Gasteiger partial charge is 0.307 e. The third kappa shape index (κ3) is 3.15. The van der Waals surface area contributed by atoms with Crippen molar-refractivity contribution in [3.8, 4) is 0 Å². The molecule has 2 aromatic heterocycles. The number of rotatable bonds is 5. The van der Waals surface area contributed by atoms with Gasteiger partial charge in [0.05, 0.1) is 12.3 Å². The summed E-state index contributed by atoms with van der Waals surface area (Å²) in [5.41, 5.74) is 0.841. The molecule has 100 valence electrons. The number of hydrogen-bond acceptors (Lipinski definition) is 5. The van der Waals surface area contributed by atoms with Crippen LogP contribution in [0.2, 0.25) is 0 Å². The first-order chi connectivity index (χ1) is 9.08. The summed E-state index contributed by atoms with van der Waals surface area (Å²) in [6, 6.07) is 5.60. The molecule has 0 spiro atoms. The average molecular weight is 261 g/mol. The Balaban J connectivity index is 2.09. The summed E-state index contributed by atoms with van der Waals surface area (Å²) in [5, 5.41) is 12.8. The second-order valence-electron chi connectivity index (χ2n) is 4.46. The SMILES string of the molecule is CC(C(=O)O)C(C)c1nc(Cc2ccccn2)no1. The quantitative estimate of drug-likeness (QED) is 0.883. The molecule has 0 aromatic carbocycles. The van der Waals surface area contributed by atoms with Gasteiger partial charge < -0.3 is 9.63 Å². The lowest BCUT2D eigenvalue weighted by Gasteiger charge is -2.10. The molecule has 0 bridgehead atoms. The van der Waals surface area contributed by atoms with E-state index in [1.54, 1.807) is 20.0 Å². The van der Waals surface area contributed by atoms with Gasteiger partial charge in [-0.1, -0.05) is 25.1 Å². The Morgan fingerprint density at radius 3 is 2.84 bits per heavy atom. The lowest BCUT2D eigenvalue weighted by molar-refractivity contribution is -0.141. The number of nitrogens with zero attached hydrogens (tertiary/aromatic N) is 3. The minimum atomic E-state index is -0.878. The van der Waals surface area contributed by atoms with Crippen molar-refractivity contribution in [3.63, 3.8) is 0 Å². The second-order valence-corrected chi connectivity index (χ2v) is 4.46. The highest BCUT2D eigenvalue weighted by atomic mass is 16.5. The molecule has 2 heterocycles. The molecule has 0 saturated carbocycles. The van der Waals surface area contributed by atoms with Gasteiger partial charge in [-0.2, -0.15) is 4.98 Å². The number of carbonyl (C=O) groups is 1. The van der Waals surface area contributed by atoms with Crippen LogP contribution in [-0.4, -0.2) is 26.2 Å². The molecule has 6 nitrogen and oxygen atoms in total. The first kappa shape index (κ1) is 13.2. The highest BCUT2D eigenvalue weighted by molar-refractivity contribution is 5.70. The first-order valence-electron chi connectivity index (χ1n) is 6.03. The number of pyridine rings is 1. The van der Waals surface area contributed by atoms with Crippen molar-refractivity contribution in [1.29, 1.82) is 0 Å². The lowest BCUT2D eigenvalue weighted by Crippen LogP contribution is -2.16. The summed E-state index contributed by atoms with van der Waals surface area (Å²) in [5.74, 6) is -0.901. The van der Waals surface area contributed by atoms with Crippen molar-refractivity contribution >= 4 is 5.97 Å². The van der Waals surface area contributed by atoms with Crippen LogP contribution in [0.15, 0.2) is 28.9 Å². The van der Waals surface area contributed by atoms with Crippen LogP contribution < -0.4 is 0 Å². The molecular formula is C13H15N3O3. The normalized spacial score (nSPS) is 14.0. The summed E-state index contributed by atoms with van der Waals surface area (Å²) in [7, 11) is 0. The van der Waals surface area contributed by atoms with Gasteiger partial charge >= 0.3 is 5.97 Å². The van der Waals surface area contributed by atoms with Gasteiger partial charge in [0, 0.05) is 17.8 Å². The Bertz CT molecular complexity index is 553. The number of aromatic nitrogens is 3. The van der Waals surface area contributed by atoms with Crippen LogP contribution in [0, 0.1) is 5.92 Å². The van der Waals surface area contributed by atoms with Crippen molar-refractivity contribution in [2.24, 2.45) is 5.92 Å². The molecule has 2 unspecified atom stereocenters. The van der Waals surface area contributed by atoms with Gasteiger partial charge in [0.2, 0.25) is 5.89 Å². The predicted molar refractivity (Wildman–Crippen MR) is 66.6 cm³/mol. The summed E-state index contributed by atoms with van der Waals surface area (Å²) in [4.78, 5) is 19.3. The van der Waals surface area contributed by atoms with Crippen molar-refractivity contribution in [1.82, 2.24) is 15.1 Å². The maximum absolute atomic E-state index is 10.9. The van der Waals surface area contributed by atoms with Crippen LogP contribution >= 0.6 is 0 Å². The molecule has 6 heteroatoms. The van der Waals surface area contributed by atoms with Crippen molar-refractivity contribution in [2.75, 3.05) is 0 Å². The maximum Gasteiger partial charge on any atom is 0.307 e. The Morgan fingerprint density at radius 2 is 2.21 bits per heavy atom. The molecule has 0 amide bonds. The van der Waals surface area contributed by atoms with Crippen molar-refractivity contribution in [3.05, 3.63) is 41.8 Å². The standard InChI is InChI=1S/C13H15N3O3/c1-8(9(2)13(17)18)12-15-11(16-19-12)7-10-5-3-4-6-14-10/h3-6,8-9H,7H2,1-2H3,(H,17,18). The first-order valence-corrected chi connectivity index (χ1v) is 6.03. The molecule has 0 radical (unpaired) electrons. The molecule has 2 rings (SSSR count). The fraction of sp³-hybridized carbons (Fsp3) is 0.385. The second kappa shape index (κ2) is 5.60. The van der Waals surface area contributed by atoms with Crippen LogP contribution in [0.4, 0.5) is 0 Å². The minimum absolute atomic E-state index is 0.317. The van der Waals surface area contributed by atoms with E-state index >= 15 is 0 Å². The summed E-state index contributed by atoms with van der Waals surface area (Å²) >= 11 is 0. The zero-order valence-electron chi connectivity index (χ0n) is 10.8. The average Bonchev–Trinajstić information content (AvgIpc) is 2.86. The number of carboxylic acids is 1.